The molecule has 11 heavy (non-hydrogen) atoms. The maximum Gasteiger partial charge on any atom is 0.0448 e. The Morgan fingerprint density at radius 3 is 3.00 bits per heavy atom. The normalized spacial score (nSPS) is 13.3. The molecular formula is C8H14N2O. The smallest absolute Gasteiger partial charge is 0.0448 e. The number of aromatic nitrogens is 1. The molecule has 1 aromatic rings. The highest BCUT2D eigenvalue weighted by Crippen LogP contribution is 2.12. The monoisotopic (exact) mass is 154 g/mol. The summed E-state index contributed by atoms with van der Waals surface area (Å²) >= 11 is 0. The number of aliphatic hydroxyl groups excluding tert-OH is 1. The van der Waals surface area contributed by atoms with Crippen LogP contribution in [0, 0.1) is 0 Å². The summed E-state index contributed by atoms with van der Waals surface area (Å²) in [5.41, 5.74) is 6.82. The van der Waals surface area contributed by atoms with Crippen molar-refractivity contribution in [3.63, 3.8) is 0 Å². The van der Waals surface area contributed by atoms with Gasteiger partial charge in [0, 0.05) is 24.5 Å². The van der Waals surface area contributed by atoms with Crippen molar-refractivity contribution < 1.29 is 5.11 Å². The molecule has 0 unspecified atom stereocenters. The van der Waals surface area contributed by atoms with Gasteiger partial charge in [0.15, 0.2) is 0 Å². The van der Waals surface area contributed by atoms with E-state index in [1.807, 2.05) is 18.3 Å². The molecule has 0 saturated heterocycles. The molecule has 0 aromatic carbocycles. The summed E-state index contributed by atoms with van der Waals surface area (Å²) in [6, 6.07) is 3.92. The summed E-state index contributed by atoms with van der Waals surface area (Å²) in [6.45, 7) is 0.217. The van der Waals surface area contributed by atoms with Crippen LogP contribution in [0.1, 0.15) is 24.6 Å². The Balaban J connectivity index is 2.36. The summed E-state index contributed by atoms with van der Waals surface area (Å²) in [6.07, 6.45) is 3.45. The molecule has 0 spiro atoms. The topological polar surface area (TPSA) is 62.0 Å². The molecule has 0 aliphatic carbocycles. The van der Waals surface area contributed by atoms with Crippen LogP contribution in [0.3, 0.4) is 0 Å². The second-order valence-electron chi connectivity index (χ2n) is 2.60. The third-order valence-corrected chi connectivity index (χ3v) is 1.69. The SMILES string of the molecule is N[C@@H](CCCO)c1ccc[nH]1. The number of hydrogen-bond acceptors (Lipinski definition) is 2. The van der Waals surface area contributed by atoms with Crippen LogP contribution in [0.25, 0.3) is 0 Å². The van der Waals surface area contributed by atoms with Crippen LogP contribution in [-0.4, -0.2) is 16.7 Å². The molecule has 0 radical (unpaired) electrons. The molecular weight excluding hydrogens is 140 g/mol. The first-order valence-electron chi connectivity index (χ1n) is 3.84. The largest absolute Gasteiger partial charge is 0.396 e. The van der Waals surface area contributed by atoms with Gasteiger partial charge in [-0.2, -0.15) is 0 Å². The van der Waals surface area contributed by atoms with Crippen molar-refractivity contribution in [3.05, 3.63) is 24.0 Å². The number of aliphatic hydroxyl groups is 1. The molecule has 4 N–H and O–H groups in total. The van der Waals surface area contributed by atoms with Gasteiger partial charge in [0.25, 0.3) is 0 Å². The first-order chi connectivity index (χ1) is 5.34. The van der Waals surface area contributed by atoms with E-state index in [0.29, 0.717) is 0 Å². The average molecular weight is 154 g/mol. The Kier molecular flexibility index (Phi) is 3.14. The van der Waals surface area contributed by atoms with Crippen molar-refractivity contribution in [1.29, 1.82) is 0 Å². The number of hydrogen-bond donors (Lipinski definition) is 3. The van der Waals surface area contributed by atoms with Crippen molar-refractivity contribution in [2.45, 2.75) is 18.9 Å². The molecule has 3 heteroatoms. The van der Waals surface area contributed by atoms with Crippen LogP contribution in [0.2, 0.25) is 0 Å². The summed E-state index contributed by atoms with van der Waals surface area (Å²) in [4.78, 5) is 3.04. The van der Waals surface area contributed by atoms with E-state index in [0.717, 1.165) is 18.5 Å². The zero-order valence-corrected chi connectivity index (χ0v) is 6.46. The minimum atomic E-state index is 0.0390. The number of nitrogens with one attached hydrogen (secondary N) is 1. The minimum Gasteiger partial charge on any atom is -0.396 e. The Labute approximate surface area is 66.2 Å². The van der Waals surface area contributed by atoms with Crippen molar-refractivity contribution in [3.8, 4) is 0 Å². The highest BCUT2D eigenvalue weighted by molar-refractivity contribution is 5.07. The molecule has 0 fully saturated rings. The van der Waals surface area contributed by atoms with E-state index in [2.05, 4.69) is 4.98 Å². The van der Waals surface area contributed by atoms with Crippen molar-refractivity contribution in [1.82, 2.24) is 4.98 Å². The quantitative estimate of drug-likeness (QED) is 0.600. The van der Waals surface area contributed by atoms with Crippen molar-refractivity contribution in [2.75, 3.05) is 6.61 Å². The summed E-state index contributed by atoms with van der Waals surface area (Å²) in [7, 11) is 0. The zero-order valence-electron chi connectivity index (χ0n) is 6.46. The average Bonchev–Trinajstić information content (AvgIpc) is 2.52. The van der Waals surface area contributed by atoms with Crippen LogP contribution in [-0.2, 0) is 0 Å². The van der Waals surface area contributed by atoms with Gasteiger partial charge in [-0.05, 0) is 25.0 Å². The van der Waals surface area contributed by atoms with Gasteiger partial charge >= 0.3 is 0 Å². The van der Waals surface area contributed by atoms with Crippen LogP contribution < -0.4 is 5.73 Å². The van der Waals surface area contributed by atoms with Gasteiger partial charge in [0.1, 0.15) is 0 Å². The van der Waals surface area contributed by atoms with E-state index in [1.54, 1.807) is 0 Å². The lowest BCUT2D eigenvalue weighted by Gasteiger charge is -2.07. The molecule has 62 valence electrons. The molecule has 0 saturated carbocycles. The third-order valence-electron chi connectivity index (χ3n) is 1.69. The number of H-pyrrole nitrogens is 1. The zero-order chi connectivity index (χ0) is 8.10. The standard InChI is InChI=1S/C8H14N2O/c9-7(3-2-6-11)8-4-1-5-10-8/h1,4-5,7,10-11H,2-3,6,9H2/t7-/m0/s1. The Hall–Kier alpha value is -0.800. The molecule has 1 rings (SSSR count). The van der Waals surface area contributed by atoms with E-state index < -0.39 is 0 Å². The van der Waals surface area contributed by atoms with Gasteiger partial charge in [-0.1, -0.05) is 0 Å². The van der Waals surface area contributed by atoms with Gasteiger partial charge < -0.3 is 15.8 Å². The maximum atomic E-state index is 8.55. The number of aromatic amines is 1. The lowest BCUT2D eigenvalue weighted by Crippen LogP contribution is -2.10. The fraction of sp³-hybridized carbons (Fsp3) is 0.500. The van der Waals surface area contributed by atoms with Crippen LogP contribution in [0.4, 0.5) is 0 Å². The van der Waals surface area contributed by atoms with Gasteiger partial charge in [-0.25, -0.2) is 0 Å². The molecule has 0 aliphatic rings. The number of nitrogens with two attached hydrogens (primary N) is 1. The Morgan fingerprint density at radius 2 is 2.45 bits per heavy atom. The Morgan fingerprint density at radius 1 is 1.64 bits per heavy atom. The molecule has 3 nitrogen and oxygen atoms in total. The first kappa shape index (κ1) is 8.30. The van der Waals surface area contributed by atoms with E-state index in [-0.39, 0.29) is 12.6 Å². The third kappa shape index (κ3) is 2.37. The maximum absolute atomic E-state index is 8.55. The van der Waals surface area contributed by atoms with Gasteiger partial charge in [-0.3, -0.25) is 0 Å². The van der Waals surface area contributed by atoms with Crippen molar-refractivity contribution >= 4 is 0 Å². The lowest BCUT2D eigenvalue weighted by atomic mass is 10.1. The first-order valence-corrected chi connectivity index (χ1v) is 3.84. The minimum absolute atomic E-state index is 0.0390. The fourth-order valence-corrected chi connectivity index (χ4v) is 1.04. The lowest BCUT2D eigenvalue weighted by molar-refractivity contribution is 0.279. The number of rotatable bonds is 4. The van der Waals surface area contributed by atoms with Crippen LogP contribution in [0.15, 0.2) is 18.3 Å². The highest BCUT2D eigenvalue weighted by atomic mass is 16.2. The predicted octanol–water partition coefficient (Wildman–Crippen LogP) is 0.787. The van der Waals surface area contributed by atoms with Crippen LogP contribution >= 0.6 is 0 Å². The van der Waals surface area contributed by atoms with Crippen LogP contribution in [0.5, 0.6) is 0 Å². The van der Waals surface area contributed by atoms with E-state index in [1.165, 1.54) is 0 Å². The summed E-state index contributed by atoms with van der Waals surface area (Å²) in [5.74, 6) is 0. The molecule has 1 aromatic heterocycles. The van der Waals surface area contributed by atoms with Gasteiger partial charge in [0.05, 0.1) is 0 Å². The second kappa shape index (κ2) is 4.16. The molecule has 0 bridgehead atoms. The van der Waals surface area contributed by atoms with E-state index >= 15 is 0 Å². The second-order valence-corrected chi connectivity index (χ2v) is 2.60. The van der Waals surface area contributed by atoms with Gasteiger partial charge in [0.2, 0.25) is 0 Å². The molecule has 0 aliphatic heterocycles. The fourth-order valence-electron chi connectivity index (χ4n) is 1.04. The highest BCUT2D eigenvalue weighted by Gasteiger charge is 2.04. The summed E-state index contributed by atoms with van der Waals surface area (Å²) in [5, 5.41) is 8.55. The van der Waals surface area contributed by atoms with Gasteiger partial charge in [-0.15, -0.1) is 0 Å². The molecule has 0 amide bonds. The summed E-state index contributed by atoms with van der Waals surface area (Å²) < 4.78 is 0. The molecule has 1 heterocycles. The predicted molar refractivity (Wildman–Crippen MR) is 44.0 cm³/mol. The van der Waals surface area contributed by atoms with E-state index in [9.17, 15) is 0 Å². The Bertz CT molecular complexity index is 184. The van der Waals surface area contributed by atoms with E-state index in [4.69, 9.17) is 10.8 Å². The van der Waals surface area contributed by atoms with Crippen molar-refractivity contribution in [2.24, 2.45) is 5.73 Å². The molecule has 1 atom stereocenters.